The van der Waals surface area contributed by atoms with Crippen LogP contribution in [0.3, 0.4) is 0 Å². The second-order valence-corrected chi connectivity index (χ2v) is 1.96. The topological polar surface area (TPSA) is 98.5 Å². The molecule has 0 fully saturated rings. The molecule has 0 aliphatic rings. The van der Waals surface area contributed by atoms with E-state index in [4.69, 9.17) is 11.6 Å². The van der Waals surface area contributed by atoms with E-state index < -0.39 is 0 Å². The summed E-state index contributed by atoms with van der Waals surface area (Å²) in [6.45, 7) is 0. The Balaban J connectivity index is 2.98. The predicted molar refractivity (Wildman–Crippen MR) is 36.4 cm³/mol. The molecule has 0 aliphatic heterocycles. The van der Waals surface area contributed by atoms with Crippen LogP contribution < -0.4 is 11.6 Å². The van der Waals surface area contributed by atoms with E-state index in [9.17, 15) is 0 Å². The molecule has 0 saturated heterocycles. The number of nitrogen functional groups attached to an aromatic ring is 2. The molecule has 2 aromatic heterocycles. The third-order valence-electron chi connectivity index (χ3n) is 1.34. The number of nitrogens with zero attached hydrogens (tertiary/aromatic N) is 3. The molecule has 0 aliphatic carbocycles. The molecule has 52 valence electrons. The molecule has 0 unspecified atom stereocenters. The fourth-order valence-corrected chi connectivity index (χ4v) is 0.862. The zero-order chi connectivity index (χ0) is 7.14. The number of fused-ring (bicyclic) bond motifs is 1. The summed E-state index contributed by atoms with van der Waals surface area (Å²) in [7, 11) is 0. The van der Waals surface area contributed by atoms with Crippen LogP contribution in [0.4, 0.5) is 5.82 Å². The van der Waals surface area contributed by atoms with Gasteiger partial charge >= 0.3 is 0 Å². The molecule has 0 spiro atoms. The summed E-state index contributed by atoms with van der Waals surface area (Å²) >= 11 is 0. The number of rotatable bonds is 0. The van der Waals surface area contributed by atoms with Crippen molar-refractivity contribution in [3.63, 3.8) is 0 Å². The van der Waals surface area contributed by atoms with E-state index in [0.717, 1.165) is 0 Å². The lowest BCUT2D eigenvalue weighted by atomic mass is 10.5. The van der Waals surface area contributed by atoms with Crippen molar-refractivity contribution in [3.8, 4) is 0 Å². The lowest BCUT2D eigenvalue weighted by Crippen LogP contribution is -2.09. The van der Waals surface area contributed by atoms with Crippen molar-refractivity contribution in [2.75, 3.05) is 11.6 Å². The first-order valence-corrected chi connectivity index (χ1v) is 2.71. The van der Waals surface area contributed by atoms with Crippen LogP contribution in [0.2, 0.25) is 0 Å². The van der Waals surface area contributed by atoms with Crippen LogP contribution in [-0.2, 0) is 0 Å². The summed E-state index contributed by atoms with van der Waals surface area (Å²) in [5.41, 5.74) is 6.83. The fraction of sp³-hybridized carbons (Fsp3) is 0. The molecule has 0 radical (unpaired) electrons. The van der Waals surface area contributed by atoms with Gasteiger partial charge < -0.3 is 11.6 Å². The van der Waals surface area contributed by atoms with Gasteiger partial charge in [-0.25, -0.2) is 0 Å². The average Bonchev–Trinajstić information content (AvgIpc) is 2.39. The lowest BCUT2D eigenvalue weighted by molar-refractivity contribution is 0.865. The van der Waals surface area contributed by atoms with Crippen LogP contribution >= 0.6 is 0 Å². The molecule has 0 bridgehead atoms. The van der Waals surface area contributed by atoms with Crippen molar-refractivity contribution in [2.45, 2.75) is 0 Å². The van der Waals surface area contributed by atoms with Crippen molar-refractivity contribution in [2.24, 2.45) is 0 Å². The molecular weight excluding hydrogens is 132 g/mol. The second-order valence-electron chi connectivity index (χ2n) is 1.96. The summed E-state index contributed by atoms with van der Waals surface area (Å²) in [4.78, 5) is 1.19. The average molecular weight is 138 g/mol. The first-order chi connectivity index (χ1) is 4.79. The molecule has 0 aromatic carbocycles. The van der Waals surface area contributed by atoms with E-state index >= 15 is 0 Å². The van der Waals surface area contributed by atoms with Crippen molar-refractivity contribution in [3.05, 3.63) is 6.20 Å². The van der Waals surface area contributed by atoms with Crippen molar-refractivity contribution in [1.82, 2.24) is 20.1 Å². The van der Waals surface area contributed by atoms with Crippen LogP contribution in [0.25, 0.3) is 11.0 Å². The van der Waals surface area contributed by atoms with Gasteiger partial charge in [0.05, 0.1) is 6.20 Å². The van der Waals surface area contributed by atoms with E-state index in [-0.39, 0.29) is 0 Å². The zero-order valence-corrected chi connectivity index (χ0v) is 5.07. The molecule has 0 atom stereocenters. The highest BCUT2D eigenvalue weighted by Gasteiger charge is 2.05. The number of anilines is 1. The highest BCUT2D eigenvalue weighted by Crippen LogP contribution is 2.13. The molecule has 6 nitrogen and oxygen atoms in total. The predicted octanol–water partition coefficient (Wildman–Crippen LogP) is -0.945. The maximum absolute atomic E-state index is 5.44. The molecule has 10 heavy (non-hydrogen) atoms. The smallest absolute Gasteiger partial charge is 0.173 e. The van der Waals surface area contributed by atoms with Crippen LogP contribution in [0, 0.1) is 0 Å². The first kappa shape index (κ1) is 5.10. The van der Waals surface area contributed by atoms with E-state index in [2.05, 4.69) is 15.3 Å². The number of hydrogen-bond acceptors (Lipinski definition) is 4. The maximum Gasteiger partial charge on any atom is 0.173 e. The minimum atomic E-state index is 0.370. The molecule has 0 saturated carbocycles. The Morgan fingerprint density at radius 1 is 1.60 bits per heavy atom. The van der Waals surface area contributed by atoms with Gasteiger partial charge in [-0.2, -0.15) is 9.89 Å². The molecule has 5 N–H and O–H groups in total. The van der Waals surface area contributed by atoms with Gasteiger partial charge in [0.15, 0.2) is 5.82 Å². The Kier molecular flexibility index (Phi) is 0.717. The van der Waals surface area contributed by atoms with Crippen LogP contribution in [0.5, 0.6) is 0 Å². The summed E-state index contributed by atoms with van der Waals surface area (Å²) in [5, 5.41) is 10.2. The highest BCUT2D eigenvalue weighted by atomic mass is 15.5. The summed E-state index contributed by atoms with van der Waals surface area (Å²) in [5.74, 6) is 5.76. The first-order valence-electron chi connectivity index (χ1n) is 2.71. The fourth-order valence-electron chi connectivity index (χ4n) is 0.862. The quantitative estimate of drug-likeness (QED) is 0.409. The number of H-pyrrole nitrogens is 1. The van der Waals surface area contributed by atoms with Gasteiger partial charge in [0.25, 0.3) is 0 Å². The molecule has 2 aromatic rings. The van der Waals surface area contributed by atoms with E-state index in [1.165, 1.54) is 4.79 Å². The Hall–Kier alpha value is -1.72. The monoisotopic (exact) mass is 138 g/mol. The highest BCUT2D eigenvalue weighted by molar-refractivity contribution is 5.84. The van der Waals surface area contributed by atoms with Crippen molar-refractivity contribution >= 4 is 16.9 Å². The van der Waals surface area contributed by atoms with E-state index in [1.807, 2.05) is 0 Å². The Labute approximate surface area is 55.8 Å². The van der Waals surface area contributed by atoms with Gasteiger partial charge in [0.1, 0.15) is 11.0 Å². The molecule has 2 heterocycles. The number of aromatic nitrogens is 4. The molecular formula is C4H6N6. The van der Waals surface area contributed by atoms with Gasteiger partial charge in [0.2, 0.25) is 0 Å². The zero-order valence-electron chi connectivity index (χ0n) is 5.07. The van der Waals surface area contributed by atoms with Gasteiger partial charge in [0, 0.05) is 0 Å². The summed E-state index contributed by atoms with van der Waals surface area (Å²) in [6.07, 6.45) is 1.57. The standard InChI is InChI=1S/C4H6N6/c5-4-3-2(1-7-8-3)10(6)9-4/h1H,6H2,(H2,5,9)(H,7,8). The number of aromatic amines is 1. The number of nitrogens with two attached hydrogens (primary N) is 2. The Morgan fingerprint density at radius 2 is 2.40 bits per heavy atom. The maximum atomic E-state index is 5.44. The minimum absolute atomic E-state index is 0.370. The van der Waals surface area contributed by atoms with Gasteiger partial charge in [-0.3, -0.25) is 5.10 Å². The van der Waals surface area contributed by atoms with Gasteiger partial charge in [-0.15, -0.1) is 5.10 Å². The Morgan fingerprint density at radius 3 is 3.10 bits per heavy atom. The normalized spacial score (nSPS) is 10.8. The van der Waals surface area contributed by atoms with Crippen LogP contribution in [0.15, 0.2) is 6.20 Å². The third kappa shape index (κ3) is 0.426. The second kappa shape index (κ2) is 1.41. The molecule has 2 rings (SSSR count). The minimum Gasteiger partial charge on any atom is -0.380 e. The largest absolute Gasteiger partial charge is 0.380 e. The van der Waals surface area contributed by atoms with E-state index in [1.54, 1.807) is 6.20 Å². The van der Waals surface area contributed by atoms with E-state index in [0.29, 0.717) is 16.9 Å². The number of hydrogen-bond donors (Lipinski definition) is 3. The number of nitrogens with one attached hydrogen (secondary N) is 1. The van der Waals surface area contributed by atoms with Crippen LogP contribution in [0.1, 0.15) is 0 Å². The van der Waals surface area contributed by atoms with Crippen LogP contribution in [-0.4, -0.2) is 20.1 Å². The van der Waals surface area contributed by atoms with Crippen molar-refractivity contribution in [1.29, 1.82) is 0 Å². The molecule has 6 heteroatoms. The molecule has 0 amide bonds. The lowest BCUT2D eigenvalue weighted by Gasteiger charge is -1.84. The third-order valence-corrected chi connectivity index (χ3v) is 1.34. The summed E-state index contributed by atoms with van der Waals surface area (Å²) in [6, 6.07) is 0. The summed E-state index contributed by atoms with van der Waals surface area (Å²) < 4.78 is 0. The SMILES string of the molecule is Nc1nn(N)c2cn[nH]c12. The van der Waals surface area contributed by atoms with Gasteiger partial charge in [-0.1, -0.05) is 0 Å². The van der Waals surface area contributed by atoms with Crippen molar-refractivity contribution < 1.29 is 0 Å². The Bertz CT molecular complexity index is 325. The van der Waals surface area contributed by atoms with Gasteiger partial charge in [-0.05, 0) is 0 Å².